The van der Waals surface area contributed by atoms with Crippen molar-refractivity contribution >= 4 is 11.9 Å². The molecule has 2 aliphatic rings. The Bertz CT molecular complexity index is 792. The highest BCUT2D eigenvalue weighted by molar-refractivity contribution is 6.09. The number of allylic oxidation sites excluding steroid dienone is 2. The van der Waals surface area contributed by atoms with Crippen molar-refractivity contribution in [2.24, 2.45) is 10.7 Å². The van der Waals surface area contributed by atoms with Crippen LogP contribution in [0, 0.1) is 13.8 Å². The van der Waals surface area contributed by atoms with Gasteiger partial charge in [0.1, 0.15) is 12.0 Å². The van der Waals surface area contributed by atoms with Crippen LogP contribution in [0.5, 0.6) is 0 Å². The number of guanidine groups is 1. The van der Waals surface area contributed by atoms with Crippen LogP contribution in [0.25, 0.3) is 0 Å². The quantitative estimate of drug-likeness (QED) is 0.906. The highest BCUT2D eigenvalue weighted by atomic mass is 19.1. The number of hydrogen-bond donors (Lipinski definition) is 1. The molecule has 0 bridgehead atoms. The van der Waals surface area contributed by atoms with Crippen LogP contribution >= 0.6 is 0 Å². The van der Waals surface area contributed by atoms with Gasteiger partial charge in [0.05, 0.1) is 0 Å². The van der Waals surface area contributed by atoms with Gasteiger partial charge in [0.15, 0.2) is 11.5 Å². The summed E-state index contributed by atoms with van der Waals surface area (Å²) in [6, 6.07) is 5.56. The predicted molar refractivity (Wildman–Crippen MR) is 88.8 cm³/mol. The van der Waals surface area contributed by atoms with Crippen LogP contribution in [0.15, 0.2) is 46.7 Å². The van der Waals surface area contributed by atoms with Crippen molar-refractivity contribution < 1.29 is 13.6 Å². The minimum atomic E-state index is -1.54. The molecule has 1 amide bonds. The van der Waals surface area contributed by atoms with Gasteiger partial charge in [0.2, 0.25) is 0 Å². The average Bonchev–Trinajstić information content (AvgIpc) is 2.70. The second-order valence-corrected chi connectivity index (χ2v) is 6.35. The first-order chi connectivity index (χ1) is 11.2. The lowest BCUT2D eigenvalue weighted by molar-refractivity contribution is -0.129. The Labute approximate surface area is 139 Å². The molecule has 1 aliphatic carbocycles. The van der Waals surface area contributed by atoms with Crippen molar-refractivity contribution in [3.63, 3.8) is 0 Å². The maximum atomic E-state index is 13.9. The van der Waals surface area contributed by atoms with E-state index in [2.05, 4.69) is 4.99 Å². The molecule has 2 N–H and O–H groups in total. The highest BCUT2D eigenvalue weighted by Crippen LogP contribution is 2.43. The Kier molecular flexibility index (Phi) is 3.78. The van der Waals surface area contributed by atoms with Gasteiger partial charge in [-0.15, -0.1) is 0 Å². The summed E-state index contributed by atoms with van der Waals surface area (Å²) in [6.45, 7) is 3.79. The maximum absolute atomic E-state index is 13.9. The van der Waals surface area contributed by atoms with Gasteiger partial charge in [-0.2, -0.15) is 0 Å². The third-order valence-electron chi connectivity index (χ3n) is 4.36. The monoisotopic (exact) mass is 331 g/mol. The third-order valence-corrected chi connectivity index (χ3v) is 4.36. The van der Waals surface area contributed by atoms with E-state index in [1.807, 2.05) is 19.9 Å². The van der Waals surface area contributed by atoms with E-state index in [-0.39, 0.29) is 18.0 Å². The van der Waals surface area contributed by atoms with E-state index in [1.54, 1.807) is 12.1 Å². The number of carbonyl (C=O) groups is 1. The van der Waals surface area contributed by atoms with Crippen LogP contribution in [0.2, 0.25) is 0 Å². The molecule has 6 heteroatoms. The Hall–Kier alpha value is -2.50. The van der Waals surface area contributed by atoms with Crippen molar-refractivity contribution in [3.8, 4) is 0 Å². The van der Waals surface area contributed by atoms with E-state index < -0.39 is 23.4 Å². The van der Waals surface area contributed by atoms with Gasteiger partial charge >= 0.3 is 0 Å². The van der Waals surface area contributed by atoms with E-state index in [0.29, 0.717) is 5.56 Å². The summed E-state index contributed by atoms with van der Waals surface area (Å²) in [5.41, 5.74) is 6.91. The first-order valence-corrected chi connectivity index (χ1v) is 7.68. The van der Waals surface area contributed by atoms with Gasteiger partial charge < -0.3 is 5.73 Å². The number of amides is 1. The number of rotatable bonds is 2. The summed E-state index contributed by atoms with van der Waals surface area (Å²) in [6.07, 6.45) is 0.633. The summed E-state index contributed by atoms with van der Waals surface area (Å²) in [4.78, 5) is 18.6. The lowest BCUT2D eigenvalue weighted by Crippen LogP contribution is -2.42. The van der Waals surface area contributed by atoms with Gasteiger partial charge in [-0.3, -0.25) is 9.69 Å². The molecule has 1 aliphatic heterocycles. The molecule has 2 unspecified atom stereocenters. The highest BCUT2D eigenvalue weighted by Gasteiger charge is 2.51. The van der Waals surface area contributed by atoms with Crippen molar-refractivity contribution in [2.75, 3.05) is 7.05 Å². The standard InChI is InChI=1S/C18H19F2N3O/c1-10-4-11(2)6-12(5-10)18(16(24)23(3)17(21)22-18)13-7-14(19)9-15(20)8-13/h4-8,14H,9H2,1-3H3,(H2,21,22). The zero-order valence-electron chi connectivity index (χ0n) is 13.8. The number of nitrogens with two attached hydrogens (primary N) is 1. The number of nitrogens with zero attached hydrogens (tertiary/aromatic N) is 2. The molecule has 1 heterocycles. The van der Waals surface area contributed by atoms with E-state index in [4.69, 9.17) is 5.73 Å². The largest absolute Gasteiger partial charge is 0.369 e. The number of likely N-dealkylation sites (N-methyl/N-ethyl adjacent to an activating group) is 1. The van der Waals surface area contributed by atoms with Gasteiger partial charge in [-0.1, -0.05) is 29.3 Å². The Balaban J connectivity index is 2.30. The summed E-state index contributed by atoms with van der Waals surface area (Å²) < 4.78 is 27.8. The first-order valence-electron chi connectivity index (χ1n) is 7.68. The average molecular weight is 331 g/mol. The minimum absolute atomic E-state index is 0.0230. The van der Waals surface area contributed by atoms with Crippen molar-refractivity contribution in [1.82, 2.24) is 4.90 Å². The molecule has 1 aromatic rings. The van der Waals surface area contributed by atoms with Gasteiger partial charge in [0, 0.05) is 13.5 Å². The van der Waals surface area contributed by atoms with E-state index in [1.165, 1.54) is 24.1 Å². The summed E-state index contributed by atoms with van der Waals surface area (Å²) in [7, 11) is 1.50. The molecule has 24 heavy (non-hydrogen) atoms. The molecule has 0 spiro atoms. The third kappa shape index (κ3) is 2.42. The Morgan fingerprint density at radius 2 is 1.92 bits per heavy atom. The normalized spacial score (nSPS) is 27.0. The number of aliphatic imine (C=N–C) groups is 1. The molecule has 3 rings (SSSR count). The van der Waals surface area contributed by atoms with Gasteiger partial charge in [-0.05, 0) is 37.1 Å². The lowest BCUT2D eigenvalue weighted by Gasteiger charge is -2.29. The van der Waals surface area contributed by atoms with Crippen LogP contribution in [0.4, 0.5) is 8.78 Å². The number of hydrogen-bond acceptors (Lipinski definition) is 3. The molecule has 0 saturated heterocycles. The maximum Gasteiger partial charge on any atom is 0.266 e. The molecule has 126 valence electrons. The van der Waals surface area contributed by atoms with Crippen LogP contribution in [0.3, 0.4) is 0 Å². The van der Waals surface area contributed by atoms with Crippen LogP contribution < -0.4 is 5.73 Å². The molecule has 0 saturated carbocycles. The number of benzene rings is 1. The molecule has 0 fully saturated rings. The fraction of sp³-hybridized carbons (Fsp3) is 0.333. The van der Waals surface area contributed by atoms with Crippen LogP contribution in [0.1, 0.15) is 23.1 Å². The number of carbonyl (C=O) groups excluding carboxylic acids is 1. The smallest absolute Gasteiger partial charge is 0.266 e. The number of aryl methyl sites for hydroxylation is 2. The van der Waals surface area contributed by atoms with E-state index >= 15 is 0 Å². The predicted octanol–water partition coefficient (Wildman–Crippen LogP) is 2.81. The molecular formula is C18H19F2N3O. The second-order valence-electron chi connectivity index (χ2n) is 6.35. The Morgan fingerprint density at radius 1 is 1.29 bits per heavy atom. The summed E-state index contributed by atoms with van der Waals surface area (Å²) >= 11 is 0. The molecule has 1 aromatic carbocycles. The van der Waals surface area contributed by atoms with Crippen molar-refractivity contribution in [3.05, 3.63) is 58.4 Å². The molecular weight excluding hydrogens is 312 g/mol. The lowest BCUT2D eigenvalue weighted by atomic mass is 9.79. The zero-order valence-corrected chi connectivity index (χ0v) is 13.8. The summed E-state index contributed by atoms with van der Waals surface area (Å²) in [5, 5.41) is 0. The SMILES string of the molecule is Cc1cc(C)cc(C2(C3=CC(F)CC(F)=C3)N=C(N)N(C)C2=O)c1. The van der Waals surface area contributed by atoms with Gasteiger partial charge in [0.25, 0.3) is 5.91 Å². The number of alkyl halides is 1. The molecule has 4 nitrogen and oxygen atoms in total. The topological polar surface area (TPSA) is 58.7 Å². The second kappa shape index (κ2) is 5.54. The zero-order chi connectivity index (χ0) is 17.6. The number of halogens is 2. The fourth-order valence-corrected chi connectivity index (χ4v) is 3.31. The van der Waals surface area contributed by atoms with E-state index in [0.717, 1.165) is 11.1 Å². The van der Waals surface area contributed by atoms with Crippen molar-refractivity contribution in [1.29, 1.82) is 0 Å². The summed E-state index contributed by atoms with van der Waals surface area (Å²) in [5.74, 6) is -1.01. The van der Waals surface area contributed by atoms with Crippen LogP contribution in [-0.4, -0.2) is 30.0 Å². The fourth-order valence-electron chi connectivity index (χ4n) is 3.31. The van der Waals surface area contributed by atoms with E-state index in [9.17, 15) is 13.6 Å². The molecule has 0 radical (unpaired) electrons. The Morgan fingerprint density at radius 3 is 2.42 bits per heavy atom. The van der Waals surface area contributed by atoms with Crippen LogP contribution in [-0.2, 0) is 10.3 Å². The molecule has 0 aromatic heterocycles. The minimum Gasteiger partial charge on any atom is -0.369 e. The first kappa shape index (κ1) is 16.4. The van der Waals surface area contributed by atoms with Gasteiger partial charge in [-0.25, -0.2) is 13.8 Å². The molecule has 2 atom stereocenters. The van der Waals surface area contributed by atoms with Crippen molar-refractivity contribution in [2.45, 2.75) is 32.0 Å².